The summed E-state index contributed by atoms with van der Waals surface area (Å²) in [5, 5.41) is 12.0. The van der Waals surface area contributed by atoms with E-state index in [2.05, 4.69) is 36.3 Å². The van der Waals surface area contributed by atoms with Crippen molar-refractivity contribution in [3.05, 3.63) is 83.4 Å². The van der Waals surface area contributed by atoms with Gasteiger partial charge in [0.1, 0.15) is 11.0 Å². The van der Waals surface area contributed by atoms with Gasteiger partial charge in [0, 0.05) is 11.3 Å². The quantitative estimate of drug-likeness (QED) is 0.523. The number of amides is 1. The largest absolute Gasteiger partial charge is 0.322 e. The van der Waals surface area contributed by atoms with E-state index < -0.39 is 0 Å². The maximum absolute atomic E-state index is 12.6. The molecule has 0 spiro atoms. The summed E-state index contributed by atoms with van der Waals surface area (Å²) in [6.07, 6.45) is 0. The highest BCUT2D eigenvalue weighted by Crippen LogP contribution is 2.23. The number of rotatable bonds is 3. The highest BCUT2D eigenvalue weighted by atomic mass is 16.1. The van der Waals surface area contributed by atoms with Crippen molar-refractivity contribution in [3.8, 4) is 5.69 Å². The number of aryl methyl sites for hydroxylation is 1. The van der Waals surface area contributed by atoms with Gasteiger partial charge in [-0.3, -0.25) is 4.79 Å². The van der Waals surface area contributed by atoms with E-state index in [9.17, 15) is 4.79 Å². The fourth-order valence-electron chi connectivity index (χ4n) is 3.11. The Balaban J connectivity index is 1.55. The summed E-state index contributed by atoms with van der Waals surface area (Å²) in [7, 11) is 0. The van der Waals surface area contributed by atoms with Crippen LogP contribution in [0.4, 0.5) is 5.69 Å². The molecule has 4 rings (SSSR count). The zero-order chi connectivity index (χ0) is 20.6. The van der Waals surface area contributed by atoms with Crippen molar-refractivity contribution in [1.82, 2.24) is 15.0 Å². The van der Waals surface area contributed by atoms with Gasteiger partial charge in [-0.05, 0) is 60.4 Å². The fourth-order valence-corrected chi connectivity index (χ4v) is 3.11. The van der Waals surface area contributed by atoms with Gasteiger partial charge < -0.3 is 5.32 Å². The Hall–Kier alpha value is -3.47. The molecule has 5 heteroatoms. The molecule has 0 unspecified atom stereocenters. The summed E-state index contributed by atoms with van der Waals surface area (Å²) >= 11 is 0. The maximum atomic E-state index is 12.6. The van der Waals surface area contributed by atoms with E-state index in [4.69, 9.17) is 0 Å². The lowest BCUT2D eigenvalue weighted by Crippen LogP contribution is -2.14. The summed E-state index contributed by atoms with van der Waals surface area (Å²) in [6, 6.07) is 21.3. The van der Waals surface area contributed by atoms with Gasteiger partial charge in [-0.15, -0.1) is 10.2 Å². The Morgan fingerprint density at radius 1 is 0.862 bits per heavy atom. The second-order valence-corrected chi connectivity index (χ2v) is 8.31. The van der Waals surface area contributed by atoms with E-state index in [0.29, 0.717) is 11.3 Å². The first-order valence-electron chi connectivity index (χ1n) is 9.66. The van der Waals surface area contributed by atoms with E-state index in [1.807, 2.05) is 73.7 Å². The van der Waals surface area contributed by atoms with Gasteiger partial charge in [-0.25, -0.2) is 0 Å². The molecule has 0 aliphatic rings. The average Bonchev–Trinajstić information content (AvgIpc) is 3.11. The van der Waals surface area contributed by atoms with Crippen LogP contribution in [-0.2, 0) is 5.41 Å². The number of nitrogens with zero attached hydrogens (tertiary/aromatic N) is 3. The molecule has 0 bridgehead atoms. The lowest BCUT2D eigenvalue weighted by molar-refractivity contribution is 0.102. The smallest absolute Gasteiger partial charge is 0.255 e. The Morgan fingerprint density at radius 3 is 2.17 bits per heavy atom. The summed E-state index contributed by atoms with van der Waals surface area (Å²) in [4.78, 5) is 14.2. The highest BCUT2D eigenvalue weighted by Gasteiger charge is 2.14. The first-order chi connectivity index (χ1) is 13.8. The van der Waals surface area contributed by atoms with Crippen LogP contribution in [0.3, 0.4) is 0 Å². The maximum Gasteiger partial charge on any atom is 0.255 e. The van der Waals surface area contributed by atoms with Gasteiger partial charge in [0.2, 0.25) is 0 Å². The van der Waals surface area contributed by atoms with Gasteiger partial charge >= 0.3 is 0 Å². The van der Waals surface area contributed by atoms with Crippen molar-refractivity contribution < 1.29 is 4.79 Å². The minimum absolute atomic E-state index is 0.0588. The molecular weight excluding hydrogens is 360 g/mol. The molecule has 5 nitrogen and oxygen atoms in total. The van der Waals surface area contributed by atoms with Crippen molar-refractivity contribution in [2.24, 2.45) is 0 Å². The molecule has 1 N–H and O–H groups in total. The number of hydrogen-bond donors (Lipinski definition) is 1. The zero-order valence-electron chi connectivity index (χ0n) is 17.1. The van der Waals surface area contributed by atoms with Crippen molar-refractivity contribution in [2.75, 3.05) is 5.32 Å². The van der Waals surface area contributed by atoms with Gasteiger partial charge in [0.25, 0.3) is 5.91 Å². The number of carbonyl (C=O) groups is 1. The molecule has 0 aliphatic heterocycles. The molecule has 0 radical (unpaired) electrons. The number of hydrogen-bond acceptors (Lipinski definition) is 3. The molecule has 3 aromatic carbocycles. The van der Waals surface area contributed by atoms with E-state index >= 15 is 0 Å². The molecule has 1 aromatic heterocycles. The molecular formula is C24H24N4O. The molecule has 146 valence electrons. The van der Waals surface area contributed by atoms with Crippen LogP contribution in [0.15, 0.2) is 66.7 Å². The lowest BCUT2D eigenvalue weighted by atomic mass is 9.87. The van der Waals surface area contributed by atoms with Crippen LogP contribution in [0.5, 0.6) is 0 Å². The molecule has 0 fully saturated rings. The number of fused-ring (bicyclic) bond motifs is 1. The van der Waals surface area contributed by atoms with Gasteiger partial charge in [0.15, 0.2) is 0 Å². The summed E-state index contributed by atoms with van der Waals surface area (Å²) < 4.78 is 0. The monoisotopic (exact) mass is 384 g/mol. The topological polar surface area (TPSA) is 59.8 Å². The Kier molecular flexibility index (Phi) is 4.66. The highest BCUT2D eigenvalue weighted by molar-refractivity contribution is 6.04. The van der Waals surface area contributed by atoms with Crippen molar-refractivity contribution in [3.63, 3.8) is 0 Å². The van der Waals surface area contributed by atoms with Crippen LogP contribution in [0, 0.1) is 6.92 Å². The molecule has 29 heavy (non-hydrogen) atoms. The average molecular weight is 384 g/mol. The number of nitrogens with one attached hydrogen (secondary N) is 1. The summed E-state index contributed by atoms with van der Waals surface area (Å²) in [5.74, 6) is -0.143. The Morgan fingerprint density at radius 2 is 1.52 bits per heavy atom. The van der Waals surface area contributed by atoms with E-state index in [-0.39, 0.29) is 11.3 Å². The predicted molar refractivity (Wildman–Crippen MR) is 117 cm³/mol. The van der Waals surface area contributed by atoms with Crippen LogP contribution in [-0.4, -0.2) is 20.9 Å². The number of carbonyl (C=O) groups excluding carboxylic acids is 1. The fraction of sp³-hybridized carbons (Fsp3) is 0.208. The molecule has 0 atom stereocenters. The normalized spacial score (nSPS) is 11.6. The first-order valence-corrected chi connectivity index (χ1v) is 9.66. The van der Waals surface area contributed by atoms with Gasteiger partial charge in [-0.2, -0.15) is 4.80 Å². The predicted octanol–water partition coefficient (Wildman–Crippen LogP) is 5.28. The van der Waals surface area contributed by atoms with Crippen LogP contribution >= 0.6 is 0 Å². The lowest BCUT2D eigenvalue weighted by Gasteiger charge is -2.19. The van der Waals surface area contributed by atoms with E-state index in [1.165, 1.54) is 11.1 Å². The summed E-state index contributed by atoms with van der Waals surface area (Å²) in [6.45, 7) is 8.51. The van der Waals surface area contributed by atoms with Crippen LogP contribution < -0.4 is 5.32 Å². The Labute approximate surface area is 170 Å². The molecule has 1 amide bonds. The third-order valence-corrected chi connectivity index (χ3v) is 4.92. The third-order valence-electron chi connectivity index (χ3n) is 4.92. The molecule has 1 heterocycles. The number of anilines is 1. The van der Waals surface area contributed by atoms with Gasteiger partial charge in [0.05, 0.1) is 5.69 Å². The molecule has 0 saturated heterocycles. The first kappa shape index (κ1) is 18.9. The van der Waals surface area contributed by atoms with E-state index in [1.54, 1.807) is 4.80 Å². The van der Waals surface area contributed by atoms with E-state index in [0.717, 1.165) is 16.7 Å². The number of aromatic nitrogens is 3. The summed E-state index contributed by atoms with van der Waals surface area (Å²) in [5.41, 5.74) is 6.17. The van der Waals surface area contributed by atoms with Crippen LogP contribution in [0.2, 0.25) is 0 Å². The Bertz CT molecular complexity index is 1170. The minimum Gasteiger partial charge on any atom is -0.322 e. The van der Waals surface area contributed by atoms with Crippen molar-refractivity contribution in [2.45, 2.75) is 33.1 Å². The minimum atomic E-state index is -0.143. The molecule has 0 saturated carbocycles. The van der Waals surface area contributed by atoms with Crippen molar-refractivity contribution >= 4 is 22.6 Å². The SMILES string of the molecule is Cc1ccc(-n2nc3ccc(NC(=O)c4ccc(C(C)(C)C)cc4)cc3n2)cc1. The number of benzene rings is 3. The zero-order valence-corrected chi connectivity index (χ0v) is 17.1. The second-order valence-electron chi connectivity index (χ2n) is 8.31. The third kappa shape index (κ3) is 4.04. The molecule has 0 aliphatic carbocycles. The van der Waals surface area contributed by atoms with Crippen molar-refractivity contribution in [1.29, 1.82) is 0 Å². The second kappa shape index (κ2) is 7.17. The van der Waals surface area contributed by atoms with Crippen LogP contribution in [0.25, 0.3) is 16.7 Å². The molecule has 4 aromatic rings. The van der Waals surface area contributed by atoms with Crippen LogP contribution in [0.1, 0.15) is 42.3 Å². The standard InChI is InChI=1S/C24H24N4O/c1-16-5-12-20(13-6-16)28-26-21-14-11-19(15-22(21)27-28)25-23(29)17-7-9-18(10-8-17)24(2,3)4/h5-15H,1-4H3,(H,25,29). The van der Waals surface area contributed by atoms with Gasteiger partial charge in [-0.1, -0.05) is 50.6 Å².